The Labute approximate surface area is 130 Å². The topological polar surface area (TPSA) is 85.9 Å². The molecule has 0 aliphatic carbocycles. The summed E-state index contributed by atoms with van der Waals surface area (Å²) < 4.78 is 11.0. The van der Waals surface area contributed by atoms with Gasteiger partial charge in [0.05, 0.1) is 12.8 Å². The van der Waals surface area contributed by atoms with Gasteiger partial charge >= 0.3 is 5.97 Å². The van der Waals surface area contributed by atoms with E-state index in [-0.39, 0.29) is 11.7 Å². The average Bonchev–Trinajstić information content (AvgIpc) is 2.37. The average molecular weight is 360 g/mol. The fourth-order valence-electron chi connectivity index (χ4n) is 1.26. The highest BCUT2D eigenvalue weighted by atomic mass is 79.9. The number of hydrazone groups is 1. The number of halogens is 1. The second-order valence-corrected chi connectivity index (χ2v) is 4.87. The second kappa shape index (κ2) is 8.49. The molecule has 0 unspecified atom stereocenters. The quantitative estimate of drug-likeness (QED) is 0.347. The molecule has 20 heavy (non-hydrogen) atoms. The normalized spacial score (nSPS) is 10.3. The molecule has 0 saturated carbocycles. The van der Waals surface area contributed by atoms with Gasteiger partial charge in [-0.2, -0.15) is 5.10 Å². The molecule has 1 aromatic carbocycles. The number of benzene rings is 1. The van der Waals surface area contributed by atoms with E-state index in [0.29, 0.717) is 17.9 Å². The highest BCUT2D eigenvalue weighted by Crippen LogP contribution is 2.21. The lowest BCUT2D eigenvalue weighted by Crippen LogP contribution is -2.24. The minimum Gasteiger partial charge on any atom is -0.481 e. The number of carbonyl (C=O) groups excluding carboxylic acids is 1. The molecule has 0 radical (unpaired) electrons. The van der Waals surface area contributed by atoms with Gasteiger partial charge in [0.15, 0.2) is 11.7 Å². The summed E-state index contributed by atoms with van der Waals surface area (Å²) in [6, 6.07) is 5.29. The van der Waals surface area contributed by atoms with Crippen LogP contribution in [0, 0.1) is 0 Å². The number of hydrogen-bond acceptors (Lipinski definition) is 5. The maximum atomic E-state index is 11.3. The van der Waals surface area contributed by atoms with E-state index in [9.17, 15) is 4.79 Å². The first kappa shape index (κ1) is 16.4. The fraction of sp³-hybridized carbons (Fsp3) is 0.250. The molecule has 0 fully saturated rings. The molecule has 0 bridgehead atoms. The molecule has 0 amide bonds. The molecule has 0 atom stereocenters. The molecule has 1 aromatic rings. The van der Waals surface area contributed by atoms with Crippen LogP contribution in [0.2, 0.25) is 0 Å². The van der Waals surface area contributed by atoms with Crippen molar-refractivity contribution in [1.29, 1.82) is 0 Å². The number of thiocarbonyl (C=S) groups is 1. The van der Waals surface area contributed by atoms with Gasteiger partial charge in [0.1, 0.15) is 5.75 Å². The van der Waals surface area contributed by atoms with Gasteiger partial charge in [0.25, 0.3) is 0 Å². The number of hydrogen-bond donors (Lipinski definition) is 2. The fourth-order valence-corrected chi connectivity index (χ4v) is 1.69. The molecule has 3 N–H and O–H groups in total. The number of nitrogens with zero attached hydrogens (tertiary/aromatic N) is 1. The Bertz CT molecular complexity index is 523. The Morgan fingerprint density at radius 2 is 2.35 bits per heavy atom. The van der Waals surface area contributed by atoms with Crippen LogP contribution in [0.4, 0.5) is 0 Å². The van der Waals surface area contributed by atoms with E-state index in [0.717, 1.165) is 4.47 Å². The minimum atomic E-state index is -0.431. The van der Waals surface area contributed by atoms with E-state index in [1.54, 1.807) is 25.1 Å². The molecule has 6 nitrogen and oxygen atoms in total. The van der Waals surface area contributed by atoms with Crippen molar-refractivity contribution in [3.05, 3.63) is 28.2 Å². The number of nitrogens with one attached hydrogen (secondary N) is 1. The highest BCUT2D eigenvalue weighted by Gasteiger charge is 2.07. The van der Waals surface area contributed by atoms with Crippen LogP contribution in [0.15, 0.2) is 27.8 Å². The lowest BCUT2D eigenvalue weighted by molar-refractivity contribution is -0.145. The maximum Gasteiger partial charge on any atom is 0.344 e. The van der Waals surface area contributed by atoms with Crippen LogP contribution in [0.25, 0.3) is 0 Å². The summed E-state index contributed by atoms with van der Waals surface area (Å²) in [5.41, 5.74) is 8.36. The van der Waals surface area contributed by atoms with Gasteiger partial charge in [-0.05, 0) is 37.3 Å². The van der Waals surface area contributed by atoms with Crippen molar-refractivity contribution in [2.75, 3.05) is 13.2 Å². The first-order valence-corrected chi connectivity index (χ1v) is 6.89. The summed E-state index contributed by atoms with van der Waals surface area (Å²) in [7, 11) is 0. The zero-order chi connectivity index (χ0) is 15.0. The van der Waals surface area contributed by atoms with Crippen LogP contribution in [0.1, 0.15) is 12.5 Å². The molecule has 0 heterocycles. The Morgan fingerprint density at radius 1 is 1.60 bits per heavy atom. The zero-order valence-electron chi connectivity index (χ0n) is 10.8. The molecule has 0 saturated heterocycles. The summed E-state index contributed by atoms with van der Waals surface area (Å²) in [6.45, 7) is 1.88. The second-order valence-electron chi connectivity index (χ2n) is 3.51. The number of carbonyl (C=O) groups is 1. The van der Waals surface area contributed by atoms with Crippen LogP contribution in [-0.2, 0) is 9.53 Å². The number of nitrogens with two attached hydrogens (primary N) is 1. The van der Waals surface area contributed by atoms with Crippen molar-refractivity contribution in [3.63, 3.8) is 0 Å². The van der Waals surface area contributed by atoms with Crippen LogP contribution in [-0.4, -0.2) is 30.5 Å². The molecule has 108 valence electrons. The number of rotatable bonds is 6. The van der Waals surface area contributed by atoms with E-state index in [1.165, 1.54) is 6.21 Å². The van der Waals surface area contributed by atoms with Crippen molar-refractivity contribution in [3.8, 4) is 5.75 Å². The lowest BCUT2D eigenvalue weighted by atomic mass is 10.2. The Hall–Kier alpha value is -1.67. The van der Waals surface area contributed by atoms with Crippen molar-refractivity contribution < 1.29 is 14.3 Å². The third-order valence-electron chi connectivity index (χ3n) is 2.00. The van der Waals surface area contributed by atoms with Crippen LogP contribution in [0.3, 0.4) is 0 Å². The summed E-state index contributed by atoms with van der Waals surface area (Å²) in [6.07, 6.45) is 1.49. The van der Waals surface area contributed by atoms with E-state index in [4.69, 9.17) is 15.2 Å². The van der Waals surface area contributed by atoms with Gasteiger partial charge in [-0.15, -0.1) is 0 Å². The Morgan fingerprint density at radius 3 is 3.00 bits per heavy atom. The molecular weight excluding hydrogens is 346 g/mol. The molecule has 0 aliphatic heterocycles. The van der Waals surface area contributed by atoms with Crippen LogP contribution >= 0.6 is 28.1 Å². The van der Waals surface area contributed by atoms with Gasteiger partial charge in [-0.3, -0.25) is 5.43 Å². The summed E-state index contributed by atoms with van der Waals surface area (Å²) >= 11 is 7.98. The summed E-state index contributed by atoms with van der Waals surface area (Å²) in [5.74, 6) is 0.0642. The standard InChI is InChI=1S/C12H14BrN3O3S/c1-2-18-11(17)7-19-10-4-3-9(13)5-8(10)6-15-16-12(14)20/h3-6H,2,7H2,1H3,(H3,14,16,20)/b15-6+. The van der Waals surface area contributed by atoms with Gasteiger partial charge in [-0.25, -0.2) is 4.79 Å². The van der Waals surface area contributed by atoms with Gasteiger partial charge in [0.2, 0.25) is 0 Å². The first-order valence-electron chi connectivity index (χ1n) is 5.69. The van der Waals surface area contributed by atoms with E-state index in [1.807, 2.05) is 0 Å². The van der Waals surface area contributed by atoms with E-state index < -0.39 is 5.97 Å². The predicted octanol–water partition coefficient (Wildman–Crippen LogP) is 1.56. The van der Waals surface area contributed by atoms with Crippen LogP contribution < -0.4 is 15.9 Å². The third kappa shape index (κ3) is 5.98. The SMILES string of the molecule is CCOC(=O)COc1ccc(Br)cc1/C=N/NC(N)=S. The molecule has 8 heteroatoms. The molecule has 0 aliphatic rings. The number of ether oxygens (including phenoxy) is 2. The Balaban J connectivity index is 2.76. The van der Waals surface area contributed by atoms with Gasteiger partial charge in [0, 0.05) is 10.0 Å². The smallest absolute Gasteiger partial charge is 0.344 e. The molecule has 1 rings (SSSR count). The van der Waals surface area contributed by atoms with Crippen molar-refractivity contribution in [2.24, 2.45) is 10.8 Å². The van der Waals surface area contributed by atoms with Crippen LogP contribution in [0.5, 0.6) is 5.75 Å². The van der Waals surface area contributed by atoms with Crippen molar-refractivity contribution >= 4 is 45.4 Å². The molecular formula is C12H14BrN3O3S. The predicted molar refractivity (Wildman–Crippen MR) is 83.8 cm³/mol. The van der Waals surface area contributed by atoms with E-state index in [2.05, 4.69) is 38.7 Å². The molecule has 0 aromatic heterocycles. The van der Waals surface area contributed by atoms with Crippen molar-refractivity contribution in [1.82, 2.24) is 5.43 Å². The highest BCUT2D eigenvalue weighted by molar-refractivity contribution is 9.10. The summed E-state index contributed by atoms with van der Waals surface area (Å²) in [4.78, 5) is 11.3. The minimum absolute atomic E-state index is 0.0604. The third-order valence-corrected chi connectivity index (χ3v) is 2.59. The monoisotopic (exact) mass is 359 g/mol. The van der Waals surface area contributed by atoms with Crippen molar-refractivity contribution in [2.45, 2.75) is 6.92 Å². The maximum absolute atomic E-state index is 11.3. The zero-order valence-corrected chi connectivity index (χ0v) is 13.2. The Kier molecular flexibility index (Phi) is 6.96. The summed E-state index contributed by atoms with van der Waals surface area (Å²) in [5, 5.41) is 3.91. The van der Waals surface area contributed by atoms with Gasteiger partial charge in [-0.1, -0.05) is 15.9 Å². The largest absolute Gasteiger partial charge is 0.481 e. The lowest BCUT2D eigenvalue weighted by Gasteiger charge is -2.09. The first-order chi connectivity index (χ1) is 9.52. The number of esters is 1. The van der Waals surface area contributed by atoms with E-state index >= 15 is 0 Å². The van der Waals surface area contributed by atoms with Gasteiger partial charge < -0.3 is 15.2 Å². The molecule has 0 spiro atoms.